The summed E-state index contributed by atoms with van der Waals surface area (Å²) < 4.78 is 1.98. The van der Waals surface area contributed by atoms with Crippen molar-refractivity contribution in [2.75, 3.05) is 0 Å². The lowest BCUT2D eigenvalue weighted by atomic mass is 10.2. The summed E-state index contributed by atoms with van der Waals surface area (Å²) in [6, 6.07) is 0. The van der Waals surface area contributed by atoms with Crippen LogP contribution < -0.4 is 5.73 Å². The Morgan fingerprint density at radius 2 is 2.33 bits per heavy atom. The van der Waals surface area contributed by atoms with E-state index in [0.717, 1.165) is 31.0 Å². The highest BCUT2D eigenvalue weighted by molar-refractivity contribution is 7.80. The Hall–Kier alpha value is -0.970. The lowest BCUT2D eigenvalue weighted by Crippen LogP contribution is -2.14. The molecule has 1 saturated carbocycles. The van der Waals surface area contributed by atoms with Gasteiger partial charge in [-0.3, -0.25) is 0 Å². The van der Waals surface area contributed by atoms with Gasteiger partial charge in [-0.2, -0.15) is 0 Å². The second-order valence-electron chi connectivity index (χ2n) is 4.12. The minimum atomic E-state index is 0.362. The molecule has 0 aromatic carbocycles. The molecule has 15 heavy (non-hydrogen) atoms. The van der Waals surface area contributed by atoms with Crippen LogP contribution in [-0.4, -0.2) is 20.0 Å². The molecule has 4 nitrogen and oxygen atoms in total. The molecule has 2 N–H and O–H groups in total. The van der Waals surface area contributed by atoms with Crippen molar-refractivity contribution in [3.63, 3.8) is 0 Å². The van der Waals surface area contributed by atoms with E-state index in [0.29, 0.717) is 10.7 Å². The van der Waals surface area contributed by atoms with Crippen LogP contribution in [0.15, 0.2) is 0 Å². The van der Waals surface area contributed by atoms with Gasteiger partial charge in [0.1, 0.15) is 10.7 Å². The van der Waals surface area contributed by atoms with Crippen LogP contribution in [0.2, 0.25) is 0 Å². The summed E-state index contributed by atoms with van der Waals surface area (Å²) in [4.78, 5) is 0.362. The van der Waals surface area contributed by atoms with Gasteiger partial charge in [-0.25, -0.2) is 4.68 Å². The predicted octanol–water partition coefficient (Wildman–Crippen LogP) is 1.27. The summed E-state index contributed by atoms with van der Waals surface area (Å²) in [6.45, 7) is 3.11. The Morgan fingerprint density at radius 3 is 2.87 bits per heavy atom. The Labute approximate surface area is 94.8 Å². The van der Waals surface area contributed by atoms with Crippen molar-refractivity contribution in [1.82, 2.24) is 15.0 Å². The van der Waals surface area contributed by atoms with Crippen LogP contribution in [0, 0.1) is 5.92 Å². The molecular formula is C10H16N4S. The third-order valence-corrected chi connectivity index (χ3v) is 2.88. The second kappa shape index (κ2) is 4.26. The highest BCUT2D eigenvalue weighted by Crippen LogP contribution is 2.30. The molecule has 0 aliphatic heterocycles. The number of aromatic nitrogens is 3. The fourth-order valence-corrected chi connectivity index (χ4v) is 1.86. The molecule has 0 atom stereocenters. The molecule has 0 unspecified atom stereocenters. The molecule has 1 aliphatic carbocycles. The van der Waals surface area contributed by atoms with Crippen LogP contribution in [0.5, 0.6) is 0 Å². The largest absolute Gasteiger partial charge is 0.388 e. The fraction of sp³-hybridized carbons (Fsp3) is 0.700. The predicted molar refractivity (Wildman–Crippen MR) is 62.6 cm³/mol. The van der Waals surface area contributed by atoms with E-state index < -0.39 is 0 Å². The Morgan fingerprint density at radius 1 is 1.60 bits per heavy atom. The first-order chi connectivity index (χ1) is 7.22. The molecule has 1 aliphatic rings. The highest BCUT2D eigenvalue weighted by atomic mass is 32.1. The van der Waals surface area contributed by atoms with Gasteiger partial charge < -0.3 is 5.73 Å². The topological polar surface area (TPSA) is 56.7 Å². The number of rotatable bonds is 5. The normalized spacial score (nSPS) is 15.5. The molecular weight excluding hydrogens is 208 g/mol. The summed E-state index contributed by atoms with van der Waals surface area (Å²) in [5.41, 5.74) is 7.44. The Bertz CT molecular complexity index is 367. The zero-order valence-electron chi connectivity index (χ0n) is 8.94. The van der Waals surface area contributed by atoms with Crippen LogP contribution in [0.25, 0.3) is 0 Å². The van der Waals surface area contributed by atoms with Crippen molar-refractivity contribution in [2.24, 2.45) is 11.7 Å². The van der Waals surface area contributed by atoms with Gasteiger partial charge in [0.2, 0.25) is 0 Å². The highest BCUT2D eigenvalue weighted by Gasteiger charge is 2.24. The summed E-state index contributed by atoms with van der Waals surface area (Å²) in [7, 11) is 0. The number of nitrogens with two attached hydrogens (primary N) is 1. The van der Waals surface area contributed by atoms with Gasteiger partial charge in [0.25, 0.3) is 0 Å². The van der Waals surface area contributed by atoms with E-state index in [4.69, 9.17) is 18.0 Å². The van der Waals surface area contributed by atoms with Crippen LogP contribution in [0.3, 0.4) is 0 Å². The summed E-state index contributed by atoms with van der Waals surface area (Å²) >= 11 is 4.97. The first-order valence-corrected chi connectivity index (χ1v) is 5.85. The average molecular weight is 224 g/mol. The maximum Gasteiger partial charge on any atom is 0.143 e. The van der Waals surface area contributed by atoms with Gasteiger partial charge in [-0.15, -0.1) is 5.10 Å². The minimum absolute atomic E-state index is 0.362. The van der Waals surface area contributed by atoms with Gasteiger partial charge in [0, 0.05) is 6.54 Å². The zero-order chi connectivity index (χ0) is 10.8. The maximum absolute atomic E-state index is 5.62. The van der Waals surface area contributed by atoms with E-state index >= 15 is 0 Å². The number of nitrogens with zero attached hydrogens (tertiary/aromatic N) is 3. The van der Waals surface area contributed by atoms with Crippen molar-refractivity contribution >= 4 is 17.2 Å². The molecule has 1 aromatic heterocycles. The molecule has 0 amide bonds. The average Bonchev–Trinajstić information content (AvgIpc) is 2.90. The molecule has 82 valence electrons. The van der Waals surface area contributed by atoms with Crippen molar-refractivity contribution in [1.29, 1.82) is 0 Å². The minimum Gasteiger partial charge on any atom is -0.388 e. The number of thiocarbonyl (C=S) groups is 1. The van der Waals surface area contributed by atoms with Crippen molar-refractivity contribution in [2.45, 2.75) is 39.2 Å². The van der Waals surface area contributed by atoms with Crippen LogP contribution in [-0.2, 0) is 13.0 Å². The maximum atomic E-state index is 5.62. The summed E-state index contributed by atoms with van der Waals surface area (Å²) in [5.74, 6) is 0.793. The van der Waals surface area contributed by atoms with E-state index in [-0.39, 0.29) is 0 Å². The van der Waals surface area contributed by atoms with Gasteiger partial charge in [-0.05, 0) is 25.2 Å². The molecule has 0 radical (unpaired) electrons. The smallest absolute Gasteiger partial charge is 0.143 e. The summed E-state index contributed by atoms with van der Waals surface area (Å²) in [5, 5.41) is 8.20. The standard InChI is InChI=1S/C10H16N4S/c1-2-3-8-9(10(11)15)12-13-14(8)6-7-4-5-7/h7H,2-6H2,1H3,(H2,11,15). The first kappa shape index (κ1) is 10.5. The van der Waals surface area contributed by atoms with E-state index in [9.17, 15) is 0 Å². The second-order valence-corrected chi connectivity index (χ2v) is 4.56. The quantitative estimate of drug-likeness (QED) is 0.765. The van der Waals surface area contributed by atoms with E-state index in [1.807, 2.05) is 4.68 Å². The summed E-state index contributed by atoms with van der Waals surface area (Å²) in [6.07, 6.45) is 4.64. The van der Waals surface area contributed by atoms with E-state index in [1.165, 1.54) is 12.8 Å². The monoisotopic (exact) mass is 224 g/mol. The van der Waals surface area contributed by atoms with Crippen molar-refractivity contribution in [3.8, 4) is 0 Å². The van der Waals surface area contributed by atoms with Crippen LogP contribution >= 0.6 is 12.2 Å². The molecule has 1 fully saturated rings. The SMILES string of the molecule is CCCc1c(C(N)=S)nnn1CC1CC1. The molecule has 1 heterocycles. The van der Waals surface area contributed by atoms with Crippen molar-refractivity contribution < 1.29 is 0 Å². The lowest BCUT2D eigenvalue weighted by Gasteiger charge is -2.05. The van der Waals surface area contributed by atoms with E-state index in [1.54, 1.807) is 0 Å². The molecule has 5 heteroatoms. The van der Waals surface area contributed by atoms with Gasteiger partial charge in [0.15, 0.2) is 0 Å². The number of hydrogen-bond donors (Lipinski definition) is 1. The zero-order valence-corrected chi connectivity index (χ0v) is 9.76. The van der Waals surface area contributed by atoms with E-state index in [2.05, 4.69) is 17.2 Å². The fourth-order valence-electron chi connectivity index (χ4n) is 1.70. The van der Waals surface area contributed by atoms with Crippen LogP contribution in [0.1, 0.15) is 37.6 Å². The third kappa shape index (κ3) is 2.34. The third-order valence-electron chi connectivity index (χ3n) is 2.69. The number of hydrogen-bond acceptors (Lipinski definition) is 3. The molecule has 0 bridgehead atoms. The molecule has 1 aromatic rings. The first-order valence-electron chi connectivity index (χ1n) is 5.44. The molecule has 0 spiro atoms. The van der Waals surface area contributed by atoms with Gasteiger partial charge in [0.05, 0.1) is 5.69 Å². The Kier molecular flexibility index (Phi) is 3.00. The molecule has 0 saturated heterocycles. The Balaban J connectivity index is 2.23. The van der Waals surface area contributed by atoms with Crippen LogP contribution in [0.4, 0.5) is 0 Å². The molecule has 2 rings (SSSR count). The lowest BCUT2D eigenvalue weighted by molar-refractivity contribution is 0.521. The van der Waals surface area contributed by atoms with Gasteiger partial charge in [-0.1, -0.05) is 30.8 Å². The van der Waals surface area contributed by atoms with Gasteiger partial charge >= 0.3 is 0 Å². The van der Waals surface area contributed by atoms with Crippen molar-refractivity contribution in [3.05, 3.63) is 11.4 Å².